The van der Waals surface area contributed by atoms with Gasteiger partial charge in [0.1, 0.15) is 5.82 Å². The maximum absolute atomic E-state index is 12.5. The number of carbonyl (C=O) groups is 1. The molecule has 1 aliphatic heterocycles. The number of hydrogen-bond donors (Lipinski definition) is 4. The van der Waals surface area contributed by atoms with Gasteiger partial charge in [-0.25, -0.2) is 4.98 Å². The molecule has 0 saturated heterocycles. The summed E-state index contributed by atoms with van der Waals surface area (Å²) in [4.78, 5) is 38.3. The van der Waals surface area contributed by atoms with Crippen molar-refractivity contribution in [2.75, 3.05) is 17.2 Å². The number of aromatic amines is 2. The van der Waals surface area contributed by atoms with E-state index in [0.29, 0.717) is 22.8 Å². The Kier molecular flexibility index (Phi) is 3.07. The molecule has 0 aromatic carbocycles. The highest BCUT2D eigenvalue weighted by Crippen LogP contribution is 2.22. The zero-order valence-electron chi connectivity index (χ0n) is 12.1. The lowest BCUT2D eigenvalue weighted by Crippen LogP contribution is -2.25. The highest BCUT2D eigenvalue weighted by atomic mass is 16.2. The van der Waals surface area contributed by atoms with Crippen LogP contribution in [0.2, 0.25) is 0 Å². The van der Waals surface area contributed by atoms with Crippen LogP contribution < -0.4 is 16.2 Å². The van der Waals surface area contributed by atoms with E-state index in [4.69, 9.17) is 0 Å². The minimum Gasteiger partial charge on any atom is -0.371 e. The average Bonchev–Trinajstić information content (AvgIpc) is 2.96. The number of rotatable bonds is 2. The Morgan fingerprint density at radius 3 is 3.09 bits per heavy atom. The van der Waals surface area contributed by atoms with Crippen LogP contribution in [0.1, 0.15) is 22.3 Å². The van der Waals surface area contributed by atoms with Crippen LogP contribution in [0.25, 0.3) is 11.0 Å². The van der Waals surface area contributed by atoms with Crippen LogP contribution in [0.4, 0.5) is 11.8 Å². The van der Waals surface area contributed by atoms with Crippen molar-refractivity contribution in [3.63, 3.8) is 0 Å². The molecule has 0 atom stereocenters. The first-order valence-electron chi connectivity index (χ1n) is 7.32. The predicted octanol–water partition coefficient (Wildman–Crippen LogP) is 1.26. The van der Waals surface area contributed by atoms with E-state index >= 15 is 0 Å². The Labute approximate surface area is 130 Å². The molecule has 3 aromatic heterocycles. The number of nitrogens with one attached hydrogen (secondary N) is 4. The number of fused-ring (bicyclic) bond motifs is 2. The van der Waals surface area contributed by atoms with Crippen molar-refractivity contribution in [1.29, 1.82) is 0 Å². The van der Waals surface area contributed by atoms with E-state index in [0.717, 1.165) is 30.5 Å². The normalized spacial score (nSPS) is 13.4. The Bertz CT molecular complexity index is 925. The largest absolute Gasteiger partial charge is 0.371 e. The van der Waals surface area contributed by atoms with Gasteiger partial charge < -0.3 is 15.3 Å². The van der Waals surface area contributed by atoms with E-state index in [1.165, 1.54) is 6.07 Å². The summed E-state index contributed by atoms with van der Waals surface area (Å²) in [5, 5.41) is 5.83. The van der Waals surface area contributed by atoms with Crippen molar-refractivity contribution >= 4 is 28.7 Å². The third kappa shape index (κ3) is 2.44. The SMILES string of the molecule is O=C(Nc1nc2ccncc2[nH]1)c1cc(=O)[nH]c2c1CCCN2. The number of imidazole rings is 1. The monoisotopic (exact) mass is 310 g/mol. The number of anilines is 2. The molecule has 8 nitrogen and oxygen atoms in total. The molecule has 0 radical (unpaired) electrons. The maximum atomic E-state index is 12.5. The van der Waals surface area contributed by atoms with Crippen molar-refractivity contribution in [3.05, 3.63) is 46.0 Å². The summed E-state index contributed by atoms with van der Waals surface area (Å²) in [6.07, 6.45) is 4.92. The van der Waals surface area contributed by atoms with Gasteiger partial charge in [0.2, 0.25) is 11.5 Å². The van der Waals surface area contributed by atoms with Gasteiger partial charge in [-0.05, 0) is 18.9 Å². The molecule has 0 aliphatic carbocycles. The highest BCUT2D eigenvalue weighted by molar-refractivity contribution is 6.05. The van der Waals surface area contributed by atoms with Gasteiger partial charge in [0, 0.05) is 24.4 Å². The van der Waals surface area contributed by atoms with Crippen LogP contribution in [0.15, 0.2) is 29.3 Å². The third-order valence-electron chi connectivity index (χ3n) is 3.82. The number of amides is 1. The fourth-order valence-corrected chi connectivity index (χ4v) is 2.77. The average molecular weight is 310 g/mol. The first kappa shape index (κ1) is 13.5. The molecule has 4 rings (SSSR count). The zero-order valence-corrected chi connectivity index (χ0v) is 12.1. The van der Waals surface area contributed by atoms with Crippen molar-refractivity contribution in [3.8, 4) is 0 Å². The van der Waals surface area contributed by atoms with Gasteiger partial charge in [-0.1, -0.05) is 0 Å². The van der Waals surface area contributed by atoms with Crippen molar-refractivity contribution in [1.82, 2.24) is 19.9 Å². The molecular formula is C15H14N6O2. The van der Waals surface area contributed by atoms with Gasteiger partial charge in [0.25, 0.3) is 5.91 Å². The molecule has 3 aromatic rings. The second-order valence-corrected chi connectivity index (χ2v) is 5.36. The van der Waals surface area contributed by atoms with E-state index < -0.39 is 0 Å². The first-order valence-corrected chi connectivity index (χ1v) is 7.32. The second kappa shape index (κ2) is 5.24. The molecule has 23 heavy (non-hydrogen) atoms. The second-order valence-electron chi connectivity index (χ2n) is 5.36. The summed E-state index contributed by atoms with van der Waals surface area (Å²) < 4.78 is 0. The summed E-state index contributed by atoms with van der Waals surface area (Å²) >= 11 is 0. The zero-order chi connectivity index (χ0) is 15.8. The van der Waals surface area contributed by atoms with Gasteiger partial charge >= 0.3 is 0 Å². The molecule has 0 fully saturated rings. The fourth-order valence-electron chi connectivity index (χ4n) is 2.77. The topological polar surface area (TPSA) is 116 Å². The van der Waals surface area contributed by atoms with Gasteiger partial charge in [-0.2, -0.15) is 0 Å². The Balaban J connectivity index is 1.69. The predicted molar refractivity (Wildman–Crippen MR) is 85.7 cm³/mol. The van der Waals surface area contributed by atoms with Crippen LogP contribution in [-0.4, -0.2) is 32.4 Å². The Morgan fingerprint density at radius 2 is 2.22 bits per heavy atom. The van der Waals surface area contributed by atoms with Crippen LogP contribution in [0.5, 0.6) is 0 Å². The standard InChI is InChI=1S/C15H14N6O2/c22-12-6-9(8-2-1-4-17-13(8)20-12)14(23)21-15-18-10-3-5-16-7-11(10)19-15/h3,5-7H,1-2,4H2,(H2,17,20,22)(H2,18,19,21,23). The molecule has 0 spiro atoms. The Hall–Kier alpha value is -3.16. The minimum absolute atomic E-state index is 0.308. The fraction of sp³-hybridized carbons (Fsp3) is 0.200. The van der Waals surface area contributed by atoms with E-state index in [9.17, 15) is 9.59 Å². The summed E-state index contributed by atoms with van der Waals surface area (Å²) in [5.41, 5.74) is 2.33. The lowest BCUT2D eigenvalue weighted by Gasteiger charge is -2.19. The number of H-pyrrole nitrogens is 2. The van der Waals surface area contributed by atoms with Gasteiger partial charge in [0.15, 0.2) is 0 Å². The summed E-state index contributed by atoms with van der Waals surface area (Å²) in [6, 6.07) is 3.08. The molecule has 1 aliphatic rings. The van der Waals surface area contributed by atoms with Gasteiger partial charge in [-0.15, -0.1) is 0 Å². The van der Waals surface area contributed by atoms with Gasteiger partial charge in [0.05, 0.1) is 22.8 Å². The molecule has 0 unspecified atom stereocenters. The highest BCUT2D eigenvalue weighted by Gasteiger charge is 2.20. The maximum Gasteiger partial charge on any atom is 0.258 e. The van der Waals surface area contributed by atoms with E-state index in [2.05, 4.69) is 30.6 Å². The molecule has 0 bridgehead atoms. The summed E-state index contributed by atoms with van der Waals surface area (Å²) in [7, 11) is 0. The van der Waals surface area contributed by atoms with Crippen molar-refractivity contribution < 1.29 is 4.79 Å². The minimum atomic E-state index is -0.358. The molecule has 4 N–H and O–H groups in total. The molecule has 0 saturated carbocycles. The lowest BCUT2D eigenvalue weighted by molar-refractivity contribution is 0.102. The molecule has 116 valence electrons. The summed E-state index contributed by atoms with van der Waals surface area (Å²) in [6.45, 7) is 0.782. The van der Waals surface area contributed by atoms with Crippen LogP contribution in [0.3, 0.4) is 0 Å². The molecule has 4 heterocycles. The lowest BCUT2D eigenvalue weighted by atomic mass is 10.0. The Morgan fingerprint density at radius 1 is 1.30 bits per heavy atom. The first-order chi connectivity index (χ1) is 11.2. The quantitative estimate of drug-likeness (QED) is 0.568. The molecule has 8 heteroatoms. The van der Waals surface area contributed by atoms with Crippen LogP contribution in [-0.2, 0) is 6.42 Å². The molecule has 1 amide bonds. The van der Waals surface area contributed by atoms with E-state index in [1.54, 1.807) is 18.5 Å². The summed E-state index contributed by atoms with van der Waals surface area (Å²) in [5.74, 6) is 0.599. The van der Waals surface area contributed by atoms with Crippen molar-refractivity contribution in [2.45, 2.75) is 12.8 Å². The van der Waals surface area contributed by atoms with Gasteiger partial charge in [-0.3, -0.25) is 19.9 Å². The molecular weight excluding hydrogens is 296 g/mol. The van der Waals surface area contributed by atoms with Crippen molar-refractivity contribution in [2.24, 2.45) is 0 Å². The van der Waals surface area contributed by atoms with Crippen LogP contribution in [0, 0.1) is 0 Å². The number of carbonyl (C=O) groups excluding carboxylic acids is 1. The number of nitrogens with zero attached hydrogens (tertiary/aromatic N) is 2. The van der Waals surface area contributed by atoms with Crippen LogP contribution >= 0.6 is 0 Å². The smallest absolute Gasteiger partial charge is 0.258 e. The number of pyridine rings is 2. The number of hydrogen-bond acceptors (Lipinski definition) is 5. The van der Waals surface area contributed by atoms with E-state index in [-0.39, 0.29) is 11.5 Å². The van der Waals surface area contributed by atoms with E-state index in [1.807, 2.05) is 0 Å². The number of aromatic nitrogens is 4. The third-order valence-corrected chi connectivity index (χ3v) is 3.82.